The van der Waals surface area contributed by atoms with Crippen molar-refractivity contribution in [3.63, 3.8) is 0 Å². The lowest BCUT2D eigenvalue weighted by Crippen LogP contribution is -2.06. The molecule has 0 spiro atoms. The van der Waals surface area contributed by atoms with E-state index in [4.69, 9.17) is 9.47 Å². The summed E-state index contributed by atoms with van der Waals surface area (Å²) in [6.07, 6.45) is 0. The van der Waals surface area contributed by atoms with Crippen molar-refractivity contribution in [1.29, 1.82) is 0 Å². The molecule has 0 aliphatic heterocycles. The van der Waals surface area contributed by atoms with Crippen LogP contribution in [0.2, 0.25) is 0 Å². The molecule has 17 heavy (non-hydrogen) atoms. The van der Waals surface area contributed by atoms with Gasteiger partial charge in [-0.1, -0.05) is 28.1 Å². The Labute approximate surface area is 112 Å². The average Bonchev–Trinajstić information content (AvgIpc) is 2.32. The van der Waals surface area contributed by atoms with E-state index in [1.165, 1.54) is 11.1 Å². The van der Waals surface area contributed by atoms with Crippen molar-refractivity contribution in [1.82, 2.24) is 5.32 Å². The second-order valence-electron chi connectivity index (χ2n) is 3.71. The van der Waals surface area contributed by atoms with E-state index in [2.05, 4.69) is 39.4 Å². The fourth-order valence-electron chi connectivity index (χ4n) is 1.47. The minimum absolute atomic E-state index is 0.619. The van der Waals surface area contributed by atoms with Crippen LogP contribution in [0.1, 0.15) is 18.1 Å². The van der Waals surface area contributed by atoms with Gasteiger partial charge in [0.05, 0.1) is 19.8 Å². The van der Waals surface area contributed by atoms with Gasteiger partial charge in [0.25, 0.3) is 0 Å². The number of ether oxygens (including phenoxy) is 2. The SMILES string of the molecule is CCOCCOCc1ccc(CNC)cc1Br. The Hall–Kier alpha value is -0.420. The molecule has 0 aromatic heterocycles. The Morgan fingerprint density at radius 1 is 1.24 bits per heavy atom. The third-order valence-electron chi connectivity index (χ3n) is 2.33. The van der Waals surface area contributed by atoms with E-state index in [1.54, 1.807) is 0 Å². The summed E-state index contributed by atoms with van der Waals surface area (Å²) < 4.78 is 11.8. The third kappa shape index (κ3) is 5.64. The molecule has 4 heteroatoms. The first kappa shape index (κ1) is 14.6. The molecular formula is C13H20BrNO2. The summed E-state index contributed by atoms with van der Waals surface area (Å²) in [6.45, 7) is 5.52. The van der Waals surface area contributed by atoms with Crippen molar-refractivity contribution in [2.75, 3.05) is 26.9 Å². The van der Waals surface area contributed by atoms with E-state index in [9.17, 15) is 0 Å². The molecule has 96 valence electrons. The van der Waals surface area contributed by atoms with E-state index in [1.807, 2.05) is 14.0 Å². The summed E-state index contributed by atoms with van der Waals surface area (Å²) in [5, 5.41) is 3.13. The average molecular weight is 302 g/mol. The van der Waals surface area contributed by atoms with Crippen molar-refractivity contribution in [3.8, 4) is 0 Å². The molecule has 0 amide bonds. The Morgan fingerprint density at radius 2 is 2.00 bits per heavy atom. The third-order valence-corrected chi connectivity index (χ3v) is 3.07. The second kappa shape index (κ2) is 8.64. The number of benzene rings is 1. The Morgan fingerprint density at radius 3 is 2.65 bits per heavy atom. The lowest BCUT2D eigenvalue weighted by atomic mass is 10.1. The topological polar surface area (TPSA) is 30.5 Å². The zero-order valence-electron chi connectivity index (χ0n) is 10.5. The van der Waals surface area contributed by atoms with Gasteiger partial charge in [-0.3, -0.25) is 0 Å². The Bertz CT molecular complexity index is 331. The van der Waals surface area contributed by atoms with E-state index < -0.39 is 0 Å². The number of nitrogens with one attached hydrogen (secondary N) is 1. The highest BCUT2D eigenvalue weighted by Crippen LogP contribution is 2.19. The van der Waals surface area contributed by atoms with Gasteiger partial charge in [-0.05, 0) is 31.2 Å². The smallest absolute Gasteiger partial charge is 0.0728 e. The monoisotopic (exact) mass is 301 g/mol. The molecule has 0 unspecified atom stereocenters. The molecule has 0 aliphatic rings. The maximum atomic E-state index is 5.53. The molecule has 0 saturated heterocycles. The minimum Gasteiger partial charge on any atom is -0.379 e. The van der Waals surface area contributed by atoms with Crippen molar-refractivity contribution in [2.24, 2.45) is 0 Å². The van der Waals surface area contributed by atoms with E-state index >= 15 is 0 Å². The standard InChI is InChI=1S/C13H20BrNO2/c1-3-16-6-7-17-10-12-5-4-11(9-15-2)8-13(12)14/h4-5,8,15H,3,6-7,9-10H2,1-2H3. The quantitative estimate of drug-likeness (QED) is 0.749. The highest BCUT2D eigenvalue weighted by molar-refractivity contribution is 9.10. The first-order valence-corrected chi connectivity index (χ1v) is 6.64. The van der Waals surface area contributed by atoms with Crippen molar-refractivity contribution < 1.29 is 9.47 Å². The van der Waals surface area contributed by atoms with E-state index in [-0.39, 0.29) is 0 Å². The lowest BCUT2D eigenvalue weighted by molar-refractivity contribution is 0.0451. The van der Waals surface area contributed by atoms with Crippen LogP contribution in [0.15, 0.2) is 22.7 Å². The zero-order chi connectivity index (χ0) is 12.5. The van der Waals surface area contributed by atoms with Crippen molar-refractivity contribution >= 4 is 15.9 Å². The molecule has 0 aliphatic carbocycles. The van der Waals surface area contributed by atoms with Gasteiger partial charge in [0, 0.05) is 17.6 Å². The predicted octanol–water partition coefficient (Wildman–Crippen LogP) is 2.72. The predicted molar refractivity (Wildman–Crippen MR) is 73.1 cm³/mol. The molecule has 0 fully saturated rings. The summed E-state index contributed by atoms with van der Waals surface area (Å²) in [7, 11) is 1.94. The van der Waals surface area contributed by atoms with Gasteiger partial charge >= 0.3 is 0 Å². The molecule has 0 saturated carbocycles. The van der Waals surface area contributed by atoms with Crippen LogP contribution in [0.4, 0.5) is 0 Å². The van der Waals surface area contributed by atoms with Gasteiger partial charge in [-0.15, -0.1) is 0 Å². The van der Waals surface area contributed by atoms with E-state index in [0.29, 0.717) is 19.8 Å². The molecule has 0 heterocycles. The van der Waals surface area contributed by atoms with Gasteiger partial charge < -0.3 is 14.8 Å². The van der Waals surface area contributed by atoms with Gasteiger partial charge in [0.2, 0.25) is 0 Å². The van der Waals surface area contributed by atoms with Crippen LogP contribution in [0.3, 0.4) is 0 Å². The van der Waals surface area contributed by atoms with Crippen LogP contribution in [0.25, 0.3) is 0 Å². The fourth-order valence-corrected chi connectivity index (χ4v) is 2.01. The molecule has 0 radical (unpaired) electrons. The molecule has 1 aromatic carbocycles. The van der Waals surface area contributed by atoms with Crippen molar-refractivity contribution in [3.05, 3.63) is 33.8 Å². The number of rotatable bonds is 8. The molecule has 3 nitrogen and oxygen atoms in total. The first-order valence-electron chi connectivity index (χ1n) is 5.85. The summed E-state index contributed by atoms with van der Waals surface area (Å²) in [6, 6.07) is 6.33. The maximum absolute atomic E-state index is 5.53. The van der Waals surface area contributed by atoms with Crippen molar-refractivity contribution in [2.45, 2.75) is 20.1 Å². The van der Waals surface area contributed by atoms with Crippen LogP contribution in [-0.2, 0) is 22.6 Å². The number of halogens is 1. The van der Waals surface area contributed by atoms with Crippen LogP contribution >= 0.6 is 15.9 Å². The zero-order valence-corrected chi connectivity index (χ0v) is 12.0. The minimum atomic E-state index is 0.619. The van der Waals surface area contributed by atoms with Crippen LogP contribution in [0.5, 0.6) is 0 Å². The number of hydrogen-bond donors (Lipinski definition) is 1. The summed E-state index contributed by atoms with van der Waals surface area (Å²) in [4.78, 5) is 0. The summed E-state index contributed by atoms with van der Waals surface area (Å²) in [5.41, 5.74) is 2.43. The summed E-state index contributed by atoms with van der Waals surface area (Å²) in [5.74, 6) is 0. The van der Waals surface area contributed by atoms with Gasteiger partial charge in [-0.2, -0.15) is 0 Å². The molecule has 0 bridgehead atoms. The normalized spacial score (nSPS) is 10.8. The van der Waals surface area contributed by atoms with Crippen LogP contribution < -0.4 is 5.32 Å². The van der Waals surface area contributed by atoms with Gasteiger partial charge in [0.15, 0.2) is 0 Å². The van der Waals surface area contributed by atoms with E-state index in [0.717, 1.165) is 17.6 Å². The second-order valence-corrected chi connectivity index (χ2v) is 4.56. The lowest BCUT2D eigenvalue weighted by Gasteiger charge is -2.08. The van der Waals surface area contributed by atoms with Crippen LogP contribution in [0, 0.1) is 0 Å². The van der Waals surface area contributed by atoms with Gasteiger partial charge in [-0.25, -0.2) is 0 Å². The molecule has 0 atom stereocenters. The summed E-state index contributed by atoms with van der Waals surface area (Å²) >= 11 is 3.56. The Kier molecular flexibility index (Phi) is 7.44. The molecule has 1 aromatic rings. The first-order chi connectivity index (χ1) is 8.27. The molecule has 1 N–H and O–H groups in total. The Balaban J connectivity index is 2.38. The highest BCUT2D eigenvalue weighted by atomic mass is 79.9. The molecule has 1 rings (SSSR count). The highest BCUT2D eigenvalue weighted by Gasteiger charge is 2.01. The molecular weight excluding hydrogens is 282 g/mol. The largest absolute Gasteiger partial charge is 0.379 e. The van der Waals surface area contributed by atoms with Gasteiger partial charge in [0.1, 0.15) is 0 Å². The maximum Gasteiger partial charge on any atom is 0.0728 e. The fraction of sp³-hybridized carbons (Fsp3) is 0.538. The number of hydrogen-bond acceptors (Lipinski definition) is 3. The van der Waals surface area contributed by atoms with Crippen LogP contribution in [-0.4, -0.2) is 26.9 Å².